The second-order valence-electron chi connectivity index (χ2n) is 3.94. The summed E-state index contributed by atoms with van der Waals surface area (Å²) in [5.41, 5.74) is 1.17. The highest BCUT2D eigenvalue weighted by Gasteiger charge is 2.34. The number of allylic oxidation sites excluding steroid dienone is 3. The van der Waals surface area contributed by atoms with Crippen LogP contribution in [-0.4, -0.2) is 12.5 Å². The summed E-state index contributed by atoms with van der Waals surface area (Å²) in [5, 5.41) is 0. The first-order chi connectivity index (χ1) is 6.03. The van der Waals surface area contributed by atoms with E-state index in [1.165, 1.54) is 0 Å². The predicted molar refractivity (Wildman–Crippen MR) is 54.8 cm³/mol. The summed E-state index contributed by atoms with van der Waals surface area (Å²) in [6.07, 6.45) is 3.26. The lowest BCUT2D eigenvalue weighted by molar-refractivity contribution is -0.123. The average Bonchev–Trinajstić information content (AvgIpc) is 2.09. The maximum atomic E-state index is 11.8. The largest absolute Gasteiger partial charge is 0.294 e. The Bertz CT molecular complexity index is 297. The van der Waals surface area contributed by atoms with E-state index in [0.29, 0.717) is 5.57 Å². The van der Waals surface area contributed by atoms with Gasteiger partial charge >= 0.3 is 0 Å². The van der Waals surface area contributed by atoms with E-state index in [0.717, 1.165) is 18.5 Å². The standard InChI is InChI=1S/C11H15NO/c1-5-8-9(12-4)6-7-11(2,3)10(8)13/h5H,1,4,6-7H2,2-3H3. The van der Waals surface area contributed by atoms with Gasteiger partial charge in [-0.15, -0.1) is 0 Å². The highest BCUT2D eigenvalue weighted by Crippen LogP contribution is 2.36. The molecule has 0 unspecified atom stereocenters. The molecule has 0 aromatic carbocycles. The van der Waals surface area contributed by atoms with Crippen LogP contribution in [-0.2, 0) is 4.79 Å². The van der Waals surface area contributed by atoms with Gasteiger partial charge in [0.1, 0.15) is 0 Å². The maximum Gasteiger partial charge on any atom is 0.170 e. The van der Waals surface area contributed by atoms with Crippen molar-refractivity contribution in [1.82, 2.24) is 0 Å². The summed E-state index contributed by atoms with van der Waals surface area (Å²) in [6, 6.07) is 0. The molecule has 1 aliphatic carbocycles. The minimum Gasteiger partial charge on any atom is -0.294 e. The Kier molecular flexibility index (Phi) is 2.50. The van der Waals surface area contributed by atoms with Crippen LogP contribution in [0, 0.1) is 5.41 Å². The molecule has 2 heteroatoms. The number of rotatable bonds is 2. The highest BCUT2D eigenvalue weighted by molar-refractivity contribution is 6.03. The van der Waals surface area contributed by atoms with E-state index < -0.39 is 0 Å². The minimum absolute atomic E-state index is 0.135. The van der Waals surface area contributed by atoms with Crippen molar-refractivity contribution in [3.05, 3.63) is 23.9 Å². The molecule has 0 saturated heterocycles. The second-order valence-corrected chi connectivity index (χ2v) is 3.94. The molecule has 0 radical (unpaired) electrons. The molecule has 0 atom stereocenters. The van der Waals surface area contributed by atoms with E-state index in [-0.39, 0.29) is 11.2 Å². The fraction of sp³-hybridized carbons (Fsp3) is 0.455. The van der Waals surface area contributed by atoms with Crippen LogP contribution in [0.15, 0.2) is 28.9 Å². The third kappa shape index (κ3) is 1.62. The summed E-state index contributed by atoms with van der Waals surface area (Å²) in [7, 11) is 0. The molecular formula is C11H15NO. The molecule has 0 heterocycles. The van der Waals surface area contributed by atoms with Gasteiger partial charge in [-0.3, -0.25) is 9.79 Å². The van der Waals surface area contributed by atoms with E-state index in [2.05, 4.69) is 18.3 Å². The number of carbonyl (C=O) groups excluding carboxylic acids is 1. The lowest BCUT2D eigenvalue weighted by atomic mass is 9.75. The normalized spacial score (nSPS) is 21.5. The molecule has 0 spiro atoms. The number of aliphatic imine (C=N–C) groups is 1. The molecule has 13 heavy (non-hydrogen) atoms. The molecule has 0 bridgehead atoms. The summed E-state index contributed by atoms with van der Waals surface area (Å²) < 4.78 is 0. The lowest BCUT2D eigenvalue weighted by Crippen LogP contribution is -2.29. The monoisotopic (exact) mass is 177 g/mol. The summed E-state index contributed by atoms with van der Waals surface area (Å²) in [4.78, 5) is 15.7. The fourth-order valence-electron chi connectivity index (χ4n) is 1.55. The van der Waals surface area contributed by atoms with Crippen molar-refractivity contribution in [3.63, 3.8) is 0 Å². The maximum absolute atomic E-state index is 11.8. The topological polar surface area (TPSA) is 29.4 Å². The van der Waals surface area contributed by atoms with Crippen molar-refractivity contribution in [1.29, 1.82) is 0 Å². The number of nitrogens with zero attached hydrogens (tertiary/aromatic N) is 1. The van der Waals surface area contributed by atoms with Gasteiger partial charge in [-0.05, 0) is 19.6 Å². The Labute approximate surface area is 79.1 Å². The third-order valence-corrected chi connectivity index (χ3v) is 2.55. The SMILES string of the molecule is C=CC1=C(N=C)CCC(C)(C)C1=O. The quantitative estimate of drug-likeness (QED) is 0.596. The van der Waals surface area contributed by atoms with Crippen LogP contribution in [0.2, 0.25) is 0 Å². The first-order valence-electron chi connectivity index (χ1n) is 4.40. The lowest BCUT2D eigenvalue weighted by Gasteiger charge is -2.28. The molecule has 0 aromatic rings. The van der Waals surface area contributed by atoms with E-state index in [4.69, 9.17) is 0 Å². The van der Waals surface area contributed by atoms with Gasteiger partial charge in [-0.2, -0.15) is 0 Å². The Morgan fingerprint density at radius 2 is 2.15 bits per heavy atom. The van der Waals surface area contributed by atoms with Crippen LogP contribution >= 0.6 is 0 Å². The minimum atomic E-state index is -0.266. The van der Waals surface area contributed by atoms with Crippen LogP contribution in [0.25, 0.3) is 0 Å². The van der Waals surface area contributed by atoms with E-state index in [9.17, 15) is 4.79 Å². The Balaban J connectivity index is 3.17. The molecule has 0 N–H and O–H groups in total. The zero-order valence-corrected chi connectivity index (χ0v) is 8.26. The van der Waals surface area contributed by atoms with Gasteiger partial charge in [0.05, 0.1) is 5.70 Å². The fourth-order valence-corrected chi connectivity index (χ4v) is 1.55. The van der Waals surface area contributed by atoms with Crippen LogP contribution in [0.3, 0.4) is 0 Å². The molecule has 2 nitrogen and oxygen atoms in total. The molecule has 0 fully saturated rings. The summed E-state index contributed by atoms with van der Waals surface area (Å²) >= 11 is 0. The van der Waals surface area contributed by atoms with Crippen molar-refractivity contribution in [2.45, 2.75) is 26.7 Å². The number of hydrogen-bond acceptors (Lipinski definition) is 2. The Hall–Kier alpha value is -1.18. The van der Waals surface area contributed by atoms with E-state index >= 15 is 0 Å². The van der Waals surface area contributed by atoms with Gasteiger partial charge in [0.25, 0.3) is 0 Å². The van der Waals surface area contributed by atoms with E-state index in [1.54, 1.807) is 6.08 Å². The molecule has 70 valence electrons. The van der Waals surface area contributed by atoms with Crippen molar-refractivity contribution >= 4 is 12.5 Å². The number of Topliss-reactive ketones (excluding diaryl/α,β-unsaturated/α-hetero) is 1. The molecular weight excluding hydrogens is 162 g/mol. The van der Waals surface area contributed by atoms with Gasteiger partial charge in [-0.25, -0.2) is 0 Å². The number of hydrogen-bond donors (Lipinski definition) is 0. The zero-order chi connectivity index (χ0) is 10.1. The Morgan fingerprint density at radius 3 is 2.62 bits per heavy atom. The molecule has 1 aliphatic rings. The van der Waals surface area contributed by atoms with E-state index in [1.807, 2.05) is 13.8 Å². The number of ketones is 1. The van der Waals surface area contributed by atoms with Crippen LogP contribution in [0.5, 0.6) is 0 Å². The van der Waals surface area contributed by atoms with Crippen molar-refractivity contribution in [2.75, 3.05) is 0 Å². The molecule has 1 rings (SSSR count). The summed E-state index contributed by atoms with van der Waals surface area (Å²) in [6.45, 7) is 11.0. The summed E-state index contributed by atoms with van der Waals surface area (Å²) in [5.74, 6) is 0.135. The van der Waals surface area contributed by atoms with Gasteiger partial charge < -0.3 is 0 Å². The van der Waals surface area contributed by atoms with Crippen LogP contribution in [0.4, 0.5) is 0 Å². The smallest absolute Gasteiger partial charge is 0.170 e. The molecule has 0 aromatic heterocycles. The van der Waals surface area contributed by atoms with Crippen molar-refractivity contribution < 1.29 is 4.79 Å². The first-order valence-corrected chi connectivity index (χ1v) is 4.40. The highest BCUT2D eigenvalue weighted by atomic mass is 16.1. The molecule has 0 saturated carbocycles. The van der Waals surface area contributed by atoms with Crippen LogP contribution < -0.4 is 0 Å². The number of carbonyl (C=O) groups is 1. The molecule has 0 aliphatic heterocycles. The van der Waals surface area contributed by atoms with Gasteiger partial charge in [0.15, 0.2) is 5.78 Å². The van der Waals surface area contributed by atoms with Crippen LogP contribution in [0.1, 0.15) is 26.7 Å². The van der Waals surface area contributed by atoms with Gasteiger partial charge in [-0.1, -0.05) is 26.5 Å². The predicted octanol–water partition coefficient (Wildman–Crippen LogP) is 2.52. The second kappa shape index (κ2) is 3.29. The van der Waals surface area contributed by atoms with Gasteiger partial charge in [0, 0.05) is 11.0 Å². The first kappa shape index (κ1) is 9.90. The zero-order valence-electron chi connectivity index (χ0n) is 8.26. The van der Waals surface area contributed by atoms with Crippen molar-refractivity contribution in [2.24, 2.45) is 10.4 Å². The molecule has 0 amide bonds. The third-order valence-electron chi connectivity index (χ3n) is 2.55. The Morgan fingerprint density at radius 1 is 1.54 bits per heavy atom. The average molecular weight is 177 g/mol. The van der Waals surface area contributed by atoms with Crippen molar-refractivity contribution in [3.8, 4) is 0 Å². The van der Waals surface area contributed by atoms with Gasteiger partial charge in [0.2, 0.25) is 0 Å².